The van der Waals surface area contributed by atoms with E-state index in [1.807, 2.05) is 0 Å². The largest absolute Gasteiger partial charge is 0.496 e. The number of hydrogen-bond acceptors (Lipinski definition) is 6. The van der Waals surface area contributed by atoms with Crippen LogP contribution in [0.15, 0.2) is 18.2 Å². The average Bonchev–Trinajstić information content (AvgIpc) is 2.47. The van der Waals surface area contributed by atoms with Crippen LogP contribution in [0, 0.1) is 10.1 Å². The Kier molecular flexibility index (Phi) is 6.57. The molecule has 0 aromatic heterocycles. The maximum absolute atomic E-state index is 11.9. The topological polar surface area (TPSA) is 117 Å². The van der Waals surface area contributed by atoms with Crippen molar-refractivity contribution in [2.75, 3.05) is 26.1 Å². The van der Waals surface area contributed by atoms with Gasteiger partial charge in [0.1, 0.15) is 11.4 Å². The van der Waals surface area contributed by atoms with Crippen molar-refractivity contribution in [1.82, 2.24) is 0 Å². The van der Waals surface area contributed by atoms with Crippen molar-refractivity contribution < 1.29 is 19.2 Å². The van der Waals surface area contributed by atoms with Gasteiger partial charge in [0.15, 0.2) is 0 Å². The summed E-state index contributed by atoms with van der Waals surface area (Å²) >= 11 is 0. The summed E-state index contributed by atoms with van der Waals surface area (Å²) in [6.07, 6.45) is 1.07. The fraction of sp³-hybridized carbons (Fsp3) is 0.462. The molecule has 3 N–H and O–H groups in total. The van der Waals surface area contributed by atoms with Crippen LogP contribution in [0.4, 0.5) is 11.4 Å². The second-order valence-corrected chi connectivity index (χ2v) is 4.37. The number of rotatable bonds is 8. The quantitative estimate of drug-likeness (QED) is 0.424. The average molecular weight is 297 g/mol. The number of nitrogens with zero attached hydrogens (tertiary/aromatic N) is 1. The van der Waals surface area contributed by atoms with Crippen molar-refractivity contribution in [2.45, 2.75) is 18.9 Å². The molecule has 0 saturated carbocycles. The van der Waals surface area contributed by atoms with Gasteiger partial charge in [-0.05, 0) is 25.0 Å². The summed E-state index contributed by atoms with van der Waals surface area (Å²) in [5, 5.41) is 13.5. The Balaban J connectivity index is 2.77. The molecule has 0 heterocycles. The summed E-state index contributed by atoms with van der Waals surface area (Å²) in [4.78, 5) is 22.3. The molecule has 0 aliphatic rings. The van der Waals surface area contributed by atoms with Crippen molar-refractivity contribution in [2.24, 2.45) is 5.73 Å². The molecular weight excluding hydrogens is 278 g/mol. The van der Waals surface area contributed by atoms with Gasteiger partial charge in [0.05, 0.1) is 24.1 Å². The van der Waals surface area contributed by atoms with Crippen LogP contribution in [-0.2, 0) is 9.53 Å². The summed E-state index contributed by atoms with van der Waals surface area (Å²) < 4.78 is 9.80. The summed E-state index contributed by atoms with van der Waals surface area (Å²) in [7, 11) is 2.97. The molecule has 8 heteroatoms. The molecule has 0 fully saturated rings. The molecule has 0 bridgehead atoms. The standard InChI is InChI=1S/C13H19N3O5/c1-20-7-3-4-10(14)13(17)15-11-6-5-9(21-2)8-12(11)16(18)19/h5-6,8,10H,3-4,7,14H2,1-2H3,(H,15,17). The lowest BCUT2D eigenvalue weighted by molar-refractivity contribution is -0.384. The first kappa shape index (κ1) is 16.9. The second-order valence-electron chi connectivity index (χ2n) is 4.37. The van der Waals surface area contributed by atoms with Crippen LogP contribution in [0.1, 0.15) is 12.8 Å². The number of nitro benzene ring substituents is 1. The van der Waals surface area contributed by atoms with Gasteiger partial charge in [-0.2, -0.15) is 0 Å². The Morgan fingerprint density at radius 3 is 2.76 bits per heavy atom. The Labute approximate surface area is 122 Å². The predicted molar refractivity (Wildman–Crippen MR) is 77.4 cm³/mol. The molecule has 0 aliphatic carbocycles. The van der Waals surface area contributed by atoms with E-state index in [1.54, 1.807) is 7.11 Å². The van der Waals surface area contributed by atoms with Crippen molar-refractivity contribution >= 4 is 17.3 Å². The van der Waals surface area contributed by atoms with Crippen molar-refractivity contribution in [1.29, 1.82) is 0 Å². The fourth-order valence-electron chi connectivity index (χ4n) is 1.70. The van der Waals surface area contributed by atoms with E-state index in [-0.39, 0.29) is 11.4 Å². The monoisotopic (exact) mass is 297 g/mol. The highest BCUT2D eigenvalue weighted by Gasteiger charge is 2.20. The molecule has 0 saturated heterocycles. The second kappa shape index (κ2) is 8.18. The molecule has 0 aliphatic heterocycles. The van der Waals surface area contributed by atoms with E-state index in [1.165, 1.54) is 25.3 Å². The number of benzene rings is 1. The first-order chi connectivity index (χ1) is 9.99. The molecule has 21 heavy (non-hydrogen) atoms. The minimum atomic E-state index is -0.748. The first-order valence-electron chi connectivity index (χ1n) is 6.37. The summed E-state index contributed by atoms with van der Waals surface area (Å²) in [6, 6.07) is 3.43. The van der Waals surface area contributed by atoms with Gasteiger partial charge < -0.3 is 20.5 Å². The molecule has 1 aromatic carbocycles. The van der Waals surface area contributed by atoms with Crippen molar-refractivity contribution in [3.63, 3.8) is 0 Å². The van der Waals surface area contributed by atoms with Gasteiger partial charge >= 0.3 is 0 Å². The van der Waals surface area contributed by atoms with Crippen LogP contribution in [0.3, 0.4) is 0 Å². The van der Waals surface area contributed by atoms with Gasteiger partial charge in [0, 0.05) is 13.7 Å². The van der Waals surface area contributed by atoms with E-state index in [9.17, 15) is 14.9 Å². The lowest BCUT2D eigenvalue weighted by Gasteiger charge is -2.12. The lowest BCUT2D eigenvalue weighted by Crippen LogP contribution is -2.35. The van der Waals surface area contributed by atoms with E-state index in [2.05, 4.69) is 5.32 Å². The van der Waals surface area contributed by atoms with Gasteiger partial charge in [-0.1, -0.05) is 0 Å². The van der Waals surface area contributed by atoms with Crippen LogP contribution >= 0.6 is 0 Å². The predicted octanol–water partition coefficient (Wildman–Crippen LogP) is 1.30. The molecule has 1 aromatic rings. The Morgan fingerprint density at radius 2 is 2.19 bits per heavy atom. The number of hydrogen-bond donors (Lipinski definition) is 2. The van der Waals surface area contributed by atoms with Crippen molar-refractivity contribution in [3.05, 3.63) is 28.3 Å². The molecule has 116 valence electrons. The third-order valence-corrected chi connectivity index (χ3v) is 2.86. The Hall–Kier alpha value is -2.19. The number of nitro groups is 1. The van der Waals surface area contributed by atoms with Gasteiger partial charge in [0.25, 0.3) is 5.69 Å². The zero-order chi connectivity index (χ0) is 15.8. The zero-order valence-electron chi connectivity index (χ0n) is 12.0. The van der Waals surface area contributed by atoms with Crippen LogP contribution in [-0.4, -0.2) is 37.7 Å². The summed E-state index contributed by atoms with van der Waals surface area (Å²) in [5.41, 5.74) is 5.57. The third kappa shape index (κ3) is 5.01. The molecule has 0 spiro atoms. The number of amides is 1. The number of anilines is 1. The van der Waals surface area contributed by atoms with E-state index in [0.717, 1.165) is 0 Å². The molecule has 0 radical (unpaired) electrons. The Morgan fingerprint density at radius 1 is 1.48 bits per heavy atom. The normalized spacial score (nSPS) is 11.8. The maximum Gasteiger partial charge on any atom is 0.296 e. The molecule has 8 nitrogen and oxygen atoms in total. The van der Waals surface area contributed by atoms with E-state index in [0.29, 0.717) is 25.2 Å². The molecule has 1 rings (SSSR count). The minimum Gasteiger partial charge on any atom is -0.496 e. The molecule has 1 atom stereocenters. The highest BCUT2D eigenvalue weighted by atomic mass is 16.6. The highest BCUT2D eigenvalue weighted by Crippen LogP contribution is 2.29. The van der Waals surface area contributed by atoms with Crippen molar-refractivity contribution in [3.8, 4) is 5.75 Å². The number of ether oxygens (including phenoxy) is 2. The SMILES string of the molecule is COCCCC(N)C(=O)Nc1ccc(OC)cc1[N+](=O)[O-]. The third-order valence-electron chi connectivity index (χ3n) is 2.86. The van der Waals surface area contributed by atoms with Crippen LogP contribution < -0.4 is 15.8 Å². The fourth-order valence-corrected chi connectivity index (χ4v) is 1.70. The summed E-state index contributed by atoms with van der Waals surface area (Å²) in [6.45, 7) is 0.504. The van der Waals surface area contributed by atoms with Crippen LogP contribution in [0.25, 0.3) is 0 Å². The van der Waals surface area contributed by atoms with Gasteiger partial charge in [-0.15, -0.1) is 0 Å². The van der Waals surface area contributed by atoms with Gasteiger partial charge in [-0.3, -0.25) is 14.9 Å². The highest BCUT2D eigenvalue weighted by molar-refractivity contribution is 5.96. The number of nitrogens with two attached hydrogens (primary N) is 1. The van der Waals surface area contributed by atoms with Crippen LogP contribution in [0.5, 0.6) is 5.75 Å². The molecule has 1 amide bonds. The smallest absolute Gasteiger partial charge is 0.296 e. The number of carbonyl (C=O) groups is 1. The number of carbonyl (C=O) groups excluding carboxylic acids is 1. The number of nitrogens with one attached hydrogen (secondary N) is 1. The van der Waals surface area contributed by atoms with E-state index in [4.69, 9.17) is 15.2 Å². The lowest BCUT2D eigenvalue weighted by atomic mass is 10.1. The minimum absolute atomic E-state index is 0.0907. The van der Waals surface area contributed by atoms with Gasteiger partial charge in [-0.25, -0.2) is 0 Å². The Bertz CT molecular complexity index is 507. The van der Waals surface area contributed by atoms with Gasteiger partial charge in [0.2, 0.25) is 5.91 Å². The molecular formula is C13H19N3O5. The van der Waals surface area contributed by atoms with Crippen LogP contribution in [0.2, 0.25) is 0 Å². The zero-order valence-corrected chi connectivity index (χ0v) is 12.0. The number of methoxy groups -OCH3 is 2. The first-order valence-corrected chi connectivity index (χ1v) is 6.37. The maximum atomic E-state index is 11.9. The van der Waals surface area contributed by atoms with E-state index >= 15 is 0 Å². The summed E-state index contributed by atoms with van der Waals surface area (Å²) in [5.74, 6) is -0.136. The van der Waals surface area contributed by atoms with E-state index < -0.39 is 16.9 Å². The molecule has 1 unspecified atom stereocenters.